The molecule has 0 aliphatic carbocycles. The molecule has 0 spiro atoms. The van der Waals surface area contributed by atoms with Crippen LogP contribution in [0.3, 0.4) is 0 Å². The SMILES string of the molecule is CN(CCC#N)C(=O)COC(=O)CSc1ncnc2sccc12. The third-order valence-electron chi connectivity index (χ3n) is 2.89. The summed E-state index contributed by atoms with van der Waals surface area (Å²) in [5, 5.41) is 12.0. The molecule has 0 saturated carbocycles. The highest BCUT2D eigenvalue weighted by Gasteiger charge is 2.13. The number of hydrogen-bond donors (Lipinski definition) is 0. The van der Waals surface area contributed by atoms with E-state index in [1.165, 1.54) is 34.3 Å². The number of aromatic nitrogens is 2. The molecule has 2 heterocycles. The van der Waals surface area contributed by atoms with E-state index in [0.717, 1.165) is 10.2 Å². The summed E-state index contributed by atoms with van der Waals surface area (Å²) in [6.45, 7) is -0.00232. The van der Waals surface area contributed by atoms with E-state index < -0.39 is 5.97 Å². The molecular weight excluding hydrogens is 336 g/mol. The first kappa shape index (κ1) is 17.2. The van der Waals surface area contributed by atoms with Crippen LogP contribution in [-0.2, 0) is 14.3 Å². The average Bonchev–Trinajstić information content (AvgIpc) is 3.04. The van der Waals surface area contributed by atoms with Gasteiger partial charge < -0.3 is 9.64 Å². The van der Waals surface area contributed by atoms with Gasteiger partial charge >= 0.3 is 5.97 Å². The summed E-state index contributed by atoms with van der Waals surface area (Å²) >= 11 is 2.76. The van der Waals surface area contributed by atoms with Gasteiger partial charge in [0, 0.05) is 19.0 Å². The summed E-state index contributed by atoms with van der Waals surface area (Å²) in [7, 11) is 1.57. The third-order valence-corrected chi connectivity index (χ3v) is 4.69. The molecule has 0 unspecified atom stereocenters. The first-order chi connectivity index (χ1) is 11.1. The Labute approximate surface area is 141 Å². The number of esters is 1. The number of hydrogen-bond acceptors (Lipinski definition) is 8. The number of thiophene rings is 1. The fourth-order valence-corrected chi connectivity index (χ4v) is 3.22. The monoisotopic (exact) mass is 350 g/mol. The average molecular weight is 350 g/mol. The van der Waals surface area contributed by atoms with Crippen LogP contribution in [0, 0.1) is 11.3 Å². The minimum atomic E-state index is -0.487. The quantitative estimate of drug-likeness (QED) is 0.426. The molecule has 0 fully saturated rings. The van der Waals surface area contributed by atoms with Gasteiger partial charge in [-0.15, -0.1) is 11.3 Å². The van der Waals surface area contributed by atoms with Crippen molar-refractivity contribution < 1.29 is 14.3 Å². The lowest BCUT2D eigenvalue weighted by atomic mass is 10.4. The lowest BCUT2D eigenvalue weighted by Gasteiger charge is -2.15. The molecule has 0 saturated heterocycles. The Bertz CT molecular complexity index is 741. The maximum Gasteiger partial charge on any atom is 0.316 e. The summed E-state index contributed by atoms with van der Waals surface area (Å²) in [6.07, 6.45) is 1.70. The van der Waals surface area contributed by atoms with Crippen LogP contribution < -0.4 is 0 Å². The molecule has 7 nitrogen and oxygen atoms in total. The molecule has 2 aromatic heterocycles. The van der Waals surface area contributed by atoms with Gasteiger partial charge in [0.25, 0.3) is 5.91 Å². The van der Waals surface area contributed by atoms with Crippen molar-refractivity contribution in [1.82, 2.24) is 14.9 Å². The number of nitriles is 1. The van der Waals surface area contributed by atoms with Gasteiger partial charge in [0.05, 0.1) is 18.2 Å². The van der Waals surface area contributed by atoms with Crippen molar-refractivity contribution in [2.24, 2.45) is 0 Å². The van der Waals surface area contributed by atoms with Gasteiger partial charge in [-0.2, -0.15) is 5.26 Å². The fraction of sp³-hybridized carbons (Fsp3) is 0.357. The standard InChI is InChI=1S/C14H14N4O3S2/c1-18(5-2-4-15)11(19)7-21-12(20)8-23-14-10-3-6-22-13(10)16-9-17-14/h3,6,9H,2,5,7-8H2,1H3. The Hall–Kier alpha value is -2.18. The van der Waals surface area contributed by atoms with Gasteiger partial charge in [-0.3, -0.25) is 9.59 Å². The number of ether oxygens (including phenoxy) is 1. The van der Waals surface area contributed by atoms with Gasteiger partial charge in [-0.1, -0.05) is 11.8 Å². The number of carbonyl (C=O) groups is 2. The predicted octanol–water partition coefficient (Wildman–Crippen LogP) is 1.70. The van der Waals surface area contributed by atoms with Crippen LogP contribution in [0.2, 0.25) is 0 Å². The Morgan fingerprint density at radius 3 is 3.09 bits per heavy atom. The van der Waals surface area contributed by atoms with E-state index in [4.69, 9.17) is 10.00 Å². The molecule has 120 valence electrons. The van der Waals surface area contributed by atoms with Crippen LogP contribution in [-0.4, -0.2) is 52.7 Å². The van der Waals surface area contributed by atoms with Crippen LogP contribution in [0.25, 0.3) is 10.2 Å². The number of thioether (sulfide) groups is 1. The summed E-state index contributed by atoms with van der Waals surface area (Å²) in [5.74, 6) is -0.753. The maximum absolute atomic E-state index is 11.7. The normalized spacial score (nSPS) is 10.3. The Kier molecular flexibility index (Phi) is 6.31. The highest BCUT2D eigenvalue weighted by Crippen LogP contribution is 2.27. The van der Waals surface area contributed by atoms with Gasteiger partial charge in [0.15, 0.2) is 6.61 Å². The van der Waals surface area contributed by atoms with E-state index >= 15 is 0 Å². The number of nitrogens with zero attached hydrogens (tertiary/aromatic N) is 4. The predicted molar refractivity (Wildman–Crippen MR) is 87.0 cm³/mol. The van der Waals surface area contributed by atoms with Crippen LogP contribution in [0.15, 0.2) is 22.8 Å². The summed E-state index contributed by atoms with van der Waals surface area (Å²) < 4.78 is 4.95. The molecule has 0 aliphatic rings. The van der Waals surface area contributed by atoms with Crippen LogP contribution in [0.4, 0.5) is 0 Å². The lowest BCUT2D eigenvalue weighted by Crippen LogP contribution is -2.32. The first-order valence-corrected chi connectivity index (χ1v) is 8.56. The number of carbonyl (C=O) groups excluding carboxylic acids is 2. The summed E-state index contributed by atoms with van der Waals surface area (Å²) in [4.78, 5) is 33.9. The van der Waals surface area contributed by atoms with Crippen molar-refractivity contribution in [2.45, 2.75) is 11.4 Å². The minimum Gasteiger partial charge on any atom is -0.455 e. The molecule has 0 radical (unpaired) electrons. The molecule has 0 aliphatic heterocycles. The number of fused-ring (bicyclic) bond motifs is 1. The smallest absolute Gasteiger partial charge is 0.316 e. The number of rotatable bonds is 7. The third kappa shape index (κ3) is 4.91. The van der Waals surface area contributed by atoms with Crippen LogP contribution in [0.5, 0.6) is 0 Å². The van der Waals surface area contributed by atoms with Crippen molar-refractivity contribution >= 4 is 45.2 Å². The molecule has 2 aromatic rings. The number of amides is 1. The molecule has 2 rings (SSSR count). The van der Waals surface area contributed by atoms with Crippen molar-refractivity contribution in [3.05, 3.63) is 17.8 Å². The molecule has 1 amide bonds. The van der Waals surface area contributed by atoms with E-state index in [1.54, 1.807) is 7.05 Å². The van der Waals surface area contributed by atoms with Gasteiger partial charge in [-0.05, 0) is 11.4 Å². The van der Waals surface area contributed by atoms with Gasteiger partial charge in [0.1, 0.15) is 16.2 Å². The van der Waals surface area contributed by atoms with Crippen molar-refractivity contribution in [2.75, 3.05) is 26.0 Å². The summed E-state index contributed by atoms with van der Waals surface area (Å²) in [5.41, 5.74) is 0. The Morgan fingerprint density at radius 2 is 2.30 bits per heavy atom. The topological polar surface area (TPSA) is 96.2 Å². The van der Waals surface area contributed by atoms with Crippen LogP contribution in [0.1, 0.15) is 6.42 Å². The van der Waals surface area contributed by atoms with Gasteiger partial charge in [0.2, 0.25) is 0 Å². The summed E-state index contributed by atoms with van der Waals surface area (Å²) in [6, 6.07) is 3.86. The van der Waals surface area contributed by atoms with E-state index in [2.05, 4.69) is 9.97 Å². The number of likely N-dealkylation sites (N-methyl/N-ethyl adjacent to an activating group) is 1. The zero-order chi connectivity index (χ0) is 16.7. The van der Waals surface area contributed by atoms with Crippen molar-refractivity contribution in [3.63, 3.8) is 0 Å². The second-order valence-corrected chi connectivity index (χ2v) is 6.35. The zero-order valence-electron chi connectivity index (χ0n) is 12.4. The molecule has 0 bridgehead atoms. The van der Waals surface area contributed by atoms with E-state index in [0.29, 0.717) is 11.6 Å². The van der Waals surface area contributed by atoms with Crippen molar-refractivity contribution in [3.8, 4) is 6.07 Å². The molecule has 9 heteroatoms. The second kappa shape index (κ2) is 8.45. The highest BCUT2D eigenvalue weighted by atomic mass is 32.2. The highest BCUT2D eigenvalue weighted by molar-refractivity contribution is 8.00. The Balaban J connectivity index is 1.78. The molecule has 0 N–H and O–H groups in total. The largest absolute Gasteiger partial charge is 0.455 e. The molecule has 0 atom stereocenters. The second-order valence-electron chi connectivity index (χ2n) is 4.49. The minimum absolute atomic E-state index is 0.0666. The van der Waals surface area contributed by atoms with Crippen molar-refractivity contribution in [1.29, 1.82) is 5.26 Å². The van der Waals surface area contributed by atoms with E-state index in [9.17, 15) is 9.59 Å². The Morgan fingerprint density at radius 1 is 1.48 bits per heavy atom. The lowest BCUT2D eigenvalue weighted by molar-refractivity contribution is -0.149. The fourth-order valence-electron chi connectivity index (χ4n) is 1.65. The molecule has 0 aromatic carbocycles. The molecule has 23 heavy (non-hydrogen) atoms. The van der Waals surface area contributed by atoms with E-state index in [-0.39, 0.29) is 24.7 Å². The zero-order valence-corrected chi connectivity index (χ0v) is 14.0. The maximum atomic E-state index is 11.7. The van der Waals surface area contributed by atoms with Gasteiger partial charge in [-0.25, -0.2) is 9.97 Å². The van der Waals surface area contributed by atoms with Crippen LogP contribution >= 0.6 is 23.1 Å². The van der Waals surface area contributed by atoms with E-state index in [1.807, 2.05) is 17.5 Å². The first-order valence-electron chi connectivity index (χ1n) is 6.69. The molecular formula is C14H14N4O3S2.